The van der Waals surface area contributed by atoms with E-state index in [0.29, 0.717) is 5.56 Å². The second-order valence-electron chi connectivity index (χ2n) is 8.83. The number of hydrogen-bond acceptors (Lipinski definition) is 5. The van der Waals surface area contributed by atoms with Crippen LogP contribution in [-0.4, -0.2) is 34.0 Å². The first-order valence-corrected chi connectivity index (χ1v) is 10.9. The zero-order valence-electron chi connectivity index (χ0n) is 17.1. The van der Waals surface area contributed by atoms with E-state index in [9.17, 15) is 15.0 Å². The first-order chi connectivity index (χ1) is 13.7. The van der Waals surface area contributed by atoms with Gasteiger partial charge in [-0.25, -0.2) is 9.79 Å². The van der Waals surface area contributed by atoms with Crippen LogP contribution in [0.3, 0.4) is 0 Å². The molecule has 4 rings (SSSR count). The summed E-state index contributed by atoms with van der Waals surface area (Å²) in [6.45, 7) is 5.61. The summed E-state index contributed by atoms with van der Waals surface area (Å²) >= 11 is 1.37. The van der Waals surface area contributed by atoms with E-state index in [-0.39, 0.29) is 12.0 Å². The molecule has 2 aliphatic rings. The summed E-state index contributed by atoms with van der Waals surface area (Å²) in [6, 6.07) is 1.34. The van der Waals surface area contributed by atoms with Crippen LogP contribution in [0.4, 0.5) is 10.5 Å². The van der Waals surface area contributed by atoms with E-state index in [1.165, 1.54) is 23.1 Å². The number of anilines is 1. The average Bonchev–Trinajstić information content (AvgIpc) is 3.40. The minimum absolute atomic E-state index is 0.0344. The lowest BCUT2D eigenvalue weighted by Crippen LogP contribution is -2.24. The number of aliphatic imine (C=N–C) groups is 1. The zero-order valence-corrected chi connectivity index (χ0v) is 17.9. The predicted octanol–water partition coefficient (Wildman–Crippen LogP) is 3.71. The largest absolute Gasteiger partial charge is 0.393 e. The minimum Gasteiger partial charge on any atom is -0.393 e. The Labute approximate surface area is 174 Å². The number of thiophene rings is 1. The highest BCUT2D eigenvalue weighted by molar-refractivity contribution is 7.11. The van der Waals surface area contributed by atoms with Crippen LogP contribution < -0.4 is 5.32 Å². The quantitative estimate of drug-likeness (QED) is 0.666. The average molecular weight is 414 g/mol. The Bertz CT molecular complexity index is 991. The van der Waals surface area contributed by atoms with Gasteiger partial charge in [0.25, 0.3) is 0 Å². The summed E-state index contributed by atoms with van der Waals surface area (Å²) in [5, 5.41) is 24.2. The van der Waals surface area contributed by atoms with Crippen LogP contribution in [0.5, 0.6) is 0 Å². The van der Waals surface area contributed by atoms with E-state index in [0.717, 1.165) is 59.6 Å². The van der Waals surface area contributed by atoms with Crippen LogP contribution in [0.25, 0.3) is 0 Å². The summed E-state index contributed by atoms with van der Waals surface area (Å²) in [7, 11) is 0. The van der Waals surface area contributed by atoms with Crippen LogP contribution in [0.1, 0.15) is 66.6 Å². The molecule has 0 fully saturated rings. The molecule has 154 valence electrons. The highest BCUT2D eigenvalue weighted by Crippen LogP contribution is 2.44. The fourth-order valence-corrected chi connectivity index (χ4v) is 5.08. The predicted molar refractivity (Wildman–Crippen MR) is 115 cm³/mol. The molecule has 0 aromatic carbocycles. The van der Waals surface area contributed by atoms with Crippen molar-refractivity contribution in [2.45, 2.75) is 63.9 Å². The Morgan fingerprint density at radius 3 is 2.93 bits per heavy atom. The summed E-state index contributed by atoms with van der Waals surface area (Å²) < 4.78 is 0. The third-order valence-corrected chi connectivity index (χ3v) is 6.92. The number of nitrogens with one attached hydrogen (secondary N) is 1. The number of urea groups is 1. The number of carbonyl (C=O) groups excluding carboxylic acids is 1. The molecule has 2 aromatic rings. The number of rotatable bonds is 4. The maximum Gasteiger partial charge on any atom is 0.345 e. The molecule has 0 radical (unpaired) electrons. The van der Waals surface area contributed by atoms with Crippen molar-refractivity contribution in [1.29, 1.82) is 0 Å². The van der Waals surface area contributed by atoms with Crippen molar-refractivity contribution < 1.29 is 15.0 Å². The second kappa shape index (κ2) is 7.31. The Hall–Kier alpha value is -2.09. The van der Waals surface area contributed by atoms with Crippen LogP contribution in [0, 0.1) is 0 Å². The number of aliphatic hydroxyl groups excluding tert-OH is 1. The van der Waals surface area contributed by atoms with E-state index in [1.807, 2.05) is 0 Å². The van der Waals surface area contributed by atoms with E-state index in [2.05, 4.69) is 24.2 Å². The molecular weight excluding hydrogens is 386 g/mol. The Morgan fingerprint density at radius 1 is 1.38 bits per heavy atom. The van der Waals surface area contributed by atoms with Gasteiger partial charge in [-0.3, -0.25) is 4.98 Å². The van der Waals surface area contributed by atoms with Crippen LogP contribution in [0.15, 0.2) is 16.4 Å². The minimum atomic E-state index is -1.30. The van der Waals surface area contributed by atoms with Gasteiger partial charge in [-0.15, -0.1) is 11.3 Å². The lowest BCUT2D eigenvalue weighted by atomic mass is 9.90. The number of aryl methyl sites for hydroxylation is 1. The van der Waals surface area contributed by atoms with E-state index < -0.39 is 11.6 Å². The molecule has 1 atom stereocenters. The van der Waals surface area contributed by atoms with Crippen molar-refractivity contribution in [2.24, 2.45) is 4.99 Å². The fraction of sp³-hybridized carbons (Fsp3) is 0.500. The number of amides is 2. The number of fused-ring (bicyclic) bond motifs is 2. The number of aromatic nitrogens is 1. The van der Waals surface area contributed by atoms with Crippen molar-refractivity contribution in [1.82, 2.24) is 4.98 Å². The van der Waals surface area contributed by atoms with E-state index in [4.69, 9.17) is 4.98 Å². The molecule has 0 unspecified atom stereocenters. The Balaban J connectivity index is 1.56. The SMILES string of the molecule is CC1(C)CCc2c1nc1c(c2NC(=O)N=Cc2cc([C@@](C)(O)CO)cs2)CCC1. The summed E-state index contributed by atoms with van der Waals surface area (Å²) in [5.41, 5.74) is 4.84. The van der Waals surface area contributed by atoms with Crippen molar-refractivity contribution >= 4 is 29.3 Å². The number of carbonyl (C=O) groups is 1. The normalized spacial score (nSPS) is 19.2. The number of pyridine rings is 1. The molecule has 29 heavy (non-hydrogen) atoms. The molecule has 0 bridgehead atoms. The maximum atomic E-state index is 12.6. The molecule has 3 N–H and O–H groups in total. The first kappa shape index (κ1) is 20.2. The summed E-state index contributed by atoms with van der Waals surface area (Å²) in [6.07, 6.45) is 6.44. The van der Waals surface area contributed by atoms with E-state index in [1.54, 1.807) is 18.4 Å². The molecule has 7 heteroatoms. The second-order valence-corrected chi connectivity index (χ2v) is 9.78. The van der Waals surface area contributed by atoms with Crippen molar-refractivity contribution in [3.63, 3.8) is 0 Å². The van der Waals surface area contributed by atoms with Gasteiger partial charge in [0.2, 0.25) is 0 Å². The molecule has 0 saturated heterocycles. The van der Waals surface area contributed by atoms with Gasteiger partial charge in [0.05, 0.1) is 18.0 Å². The summed E-state index contributed by atoms with van der Waals surface area (Å²) in [4.78, 5) is 22.4. The van der Waals surface area contributed by atoms with Crippen LogP contribution >= 0.6 is 11.3 Å². The molecule has 2 aromatic heterocycles. The van der Waals surface area contributed by atoms with Crippen molar-refractivity contribution in [3.05, 3.63) is 44.4 Å². The molecule has 0 saturated carbocycles. The first-order valence-electron chi connectivity index (χ1n) is 10.0. The maximum absolute atomic E-state index is 12.6. The van der Waals surface area contributed by atoms with Crippen molar-refractivity contribution in [3.8, 4) is 0 Å². The van der Waals surface area contributed by atoms with E-state index >= 15 is 0 Å². The zero-order chi connectivity index (χ0) is 20.8. The number of aliphatic hydroxyl groups is 2. The monoisotopic (exact) mass is 413 g/mol. The Kier molecular flexibility index (Phi) is 5.09. The van der Waals surface area contributed by atoms with Crippen LogP contribution in [-0.2, 0) is 30.3 Å². The highest BCUT2D eigenvalue weighted by atomic mass is 32.1. The molecule has 0 spiro atoms. The van der Waals surface area contributed by atoms with Gasteiger partial charge in [0, 0.05) is 22.2 Å². The molecular formula is C22H27N3O3S. The van der Waals surface area contributed by atoms with Gasteiger partial charge < -0.3 is 15.5 Å². The van der Waals surface area contributed by atoms with Gasteiger partial charge in [0.15, 0.2) is 0 Å². The van der Waals surface area contributed by atoms with Crippen LogP contribution in [0.2, 0.25) is 0 Å². The van der Waals surface area contributed by atoms with Gasteiger partial charge in [-0.2, -0.15) is 0 Å². The topological polar surface area (TPSA) is 94.8 Å². The number of nitrogens with zero attached hydrogens (tertiary/aromatic N) is 2. The smallest absolute Gasteiger partial charge is 0.345 e. The Morgan fingerprint density at radius 2 is 2.17 bits per heavy atom. The van der Waals surface area contributed by atoms with Gasteiger partial charge in [0.1, 0.15) is 5.60 Å². The summed E-state index contributed by atoms with van der Waals surface area (Å²) in [5.74, 6) is 0. The third kappa shape index (κ3) is 3.74. The standard InChI is InChI=1S/C22H27N3O3S/c1-21(2)8-7-16-18(15-5-4-6-17(15)24-19(16)21)25-20(27)23-10-14-9-13(11-29-14)22(3,28)12-26/h9-11,26,28H,4-8,12H2,1-3H3,(H,24,25,27)/t22-/m0/s1. The highest BCUT2D eigenvalue weighted by Gasteiger charge is 2.36. The molecule has 2 aliphatic carbocycles. The molecule has 2 amide bonds. The molecule has 0 aliphatic heterocycles. The molecule has 6 nitrogen and oxygen atoms in total. The number of hydrogen-bond donors (Lipinski definition) is 3. The molecule has 2 heterocycles. The van der Waals surface area contributed by atoms with Crippen molar-refractivity contribution in [2.75, 3.05) is 11.9 Å². The fourth-order valence-electron chi connectivity index (χ4n) is 4.19. The van der Waals surface area contributed by atoms with Gasteiger partial charge in [-0.05, 0) is 67.2 Å². The van der Waals surface area contributed by atoms with Gasteiger partial charge in [-0.1, -0.05) is 13.8 Å². The lowest BCUT2D eigenvalue weighted by Gasteiger charge is -2.20. The third-order valence-electron chi connectivity index (χ3n) is 6.06. The van der Waals surface area contributed by atoms with Gasteiger partial charge >= 0.3 is 6.03 Å². The lowest BCUT2D eigenvalue weighted by molar-refractivity contribution is -0.00193.